The van der Waals surface area contributed by atoms with Crippen LogP contribution >= 0.6 is 22.6 Å². The second-order valence-corrected chi connectivity index (χ2v) is 6.11. The zero-order valence-corrected chi connectivity index (χ0v) is 10.3. The second-order valence-electron chi connectivity index (χ2n) is 2.78. The molecule has 0 saturated carbocycles. The summed E-state index contributed by atoms with van der Waals surface area (Å²) in [6.45, 7) is 1.80. The van der Waals surface area contributed by atoms with E-state index in [1.165, 1.54) is 6.26 Å². The van der Waals surface area contributed by atoms with Gasteiger partial charge in [0.15, 0.2) is 0 Å². The van der Waals surface area contributed by atoms with Crippen molar-refractivity contribution in [1.82, 2.24) is 5.32 Å². The third-order valence-corrected chi connectivity index (χ3v) is 3.15. The van der Waals surface area contributed by atoms with Crippen molar-refractivity contribution in [3.05, 3.63) is 0 Å². The van der Waals surface area contributed by atoms with Gasteiger partial charge in [0, 0.05) is 10.7 Å². The van der Waals surface area contributed by atoms with Crippen LogP contribution in [0.5, 0.6) is 0 Å². The van der Waals surface area contributed by atoms with E-state index in [-0.39, 0.29) is 0 Å². The molecule has 0 aliphatic heterocycles. The van der Waals surface area contributed by atoms with Crippen LogP contribution in [-0.2, 0) is 9.84 Å². The summed E-state index contributed by atoms with van der Waals surface area (Å²) < 4.78 is 22.5. The Balaban J connectivity index is 3.12. The van der Waals surface area contributed by atoms with Gasteiger partial charge in [-0.25, -0.2) is 8.42 Å². The Morgan fingerprint density at radius 3 is 2.33 bits per heavy atom. The van der Waals surface area contributed by atoms with Gasteiger partial charge < -0.3 is 5.32 Å². The minimum Gasteiger partial charge on any atom is -0.317 e. The number of hydrogen-bond acceptors (Lipinski definition) is 3. The van der Waals surface area contributed by atoms with Gasteiger partial charge in [-0.3, -0.25) is 0 Å². The molecule has 0 radical (unpaired) electrons. The van der Waals surface area contributed by atoms with Crippen LogP contribution < -0.4 is 5.32 Å². The van der Waals surface area contributed by atoms with Crippen LogP contribution in [0.25, 0.3) is 0 Å². The lowest BCUT2D eigenvalue weighted by Crippen LogP contribution is -2.19. The van der Waals surface area contributed by atoms with Gasteiger partial charge in [-0.2, -0.15) is 0 Å². The lowest BCUT2D eigenvalue weighted by Gasteiger charge is -2.01. The highest BCUT2D eigenvalue weighted by molar-refractivity contribution is 14.1. The van der Waals surface area contributed by atoms with Crippen LogP contribution in [0.15, 0.2) is 0 Å². The van der Waals surface area contributed by atoms with Gasteiger partial charge >= 0.3 is 0 Å². The maximum absolute atomic E-state index is 10.7. The minimum absolute atomic E-state index is 0.296. The molecule has 0 rings (SSSR count). The predicted octanol–water partition coefficient (Wildman–Crippen LogP) is 0.836. The van der Waals surface area contributed by atoms with E-state index in [0.29, 0.717) is 5.75 Å². The fourth-order valence-corrected chi connectivity index (χ4v) is 1.83. The Morgan fingerprint density at radius 2 is 1.83 bits per heavy atom. The van der Waals surface area contributed by atoms with Crippen LogP contribution in [0.2, 0.25) is 0 Å². The van der Waals surface area contributed by atoms with Crippen molar-refractivity contribution in [2.75, 3.05) is 29.5 Å². The number of rotatable bonds is 7. The normalized spacial score (nSPS) is 11.8. The molecule has 0 aromatic carbocycles. The average molecular weight is 305 g/mol. The summed E-state index contributed by atoms with van der Waals surface area (Å²) in [6, 6.07) is 0. The average Bonchev–Trinajstić information content (AvgIpc) is 1.94. The summed E-state index contributed by atoms with van der Waals surface area (Å²) in [6.07, 6.45) is 3.15. The Morgan fingerprint density at radius 1 is 1.25 bits per heavy atom. The minimum atomic E-state index is -2.76. The van der Waals surface area contributed by atoms with Gasteiger partial charge in [-0.1, -0.05) is 22.6 Å². The van der Waals surface area contributed by atoms with Crippen molar-refractivity contribution in [3.63, 3.8) is 0 Å². The van der Waals surface area contributed by atoms with Crippen LogP contribution in [-0.4, -0.2) is 37.9 Å². The summed E-state index contributed by atoms with van der Waals surface area (Å²) in [5.74, 6) is 0.296. The van der Waals surface area contributed by atoms with Gasteiger partial charge in [-0.05, 0) is 25.9 Å². The van der Waals surface area contributed by atoms with E-state index in [4.69, 9.17) is 0 Å². The summed E-state index contributed by atoms with van der Waals surface area (Å²) in [5.41, 5.74) is 0. The van der Waals surface area contributed by atoms with E-state index >= 15 is 0 Å². The van der Waals surface area contributed by atoms with E-state index in [2.05, 4.69) is 27.9 Å². The summed E-state index contributed by atoms with van der Waals surface area (Å²) >= 11 is 2.33. The first-order valence-corrected chi connectivity index (χ1v) is 7.59. The third kappa shape index (κ3) is 10.6. The molecule has 5 heteroatoms. The van der Waals surface area contributed by atoms with Crippen molar-refractivity contribution in [3.8, 4) is 0 Å². The first-order chi connectivity index (χ1) is 5.56. The first kappa shape index (κ1) is 12.6. The van der Waals surface area contributed by atoms with Gasteiger partial charge in [0.25, 0.3) is 0 Å². The molecule has 0 aliphatic carbocycles. The molecule has 0 spiro atoms. The SMILES string of the molecule is CS(=O)(=O)CCCNCCCI. The first-order valence-electron chi connectivity index (χ1n) is 4.00. The number of alkyl halides is 1. The Hall–Kier alpha value is 0.640. The van der Waals surface area contributed by atoms with Crippen molar-refractivity contribution >= 4 is 32.4 Å². The molecule has 0 bridgehead atoms. The summed E-state index contributed by atoms with van der Waals surface area (Å²) in [4.78, 5) is 0. The molecule has 0 saturated heterocycles. The Kier molecular flexibility index (Phi) is 7.46. The molecular weight excluding hydrogens is 289 g/mol. The van der Waals surface area contributed by atoms with E-state index < -0.39 is 9.84 Å². The van der Waals surface area contributed by atoms with Crippen molar-refractivity contribution in [1.29, 1.82) is 0 Å². The maximum Gasteiger partial charge on any atom is 0.147 e. The summed E-state index contributed by atoms with van der Waals surface area (Å²) in [5, 5.41) is 3.19. The standard InChI is InChI=1S/C7H16INO2S/c1-12(10,11)7-3-6-9-5-2-4-8/h9H,2-7H2,1H3. The Bertz CT molecular complexity index is 192. The highest BCUT2D eigenvalue weighted by Gasteiger charge is 1.99. The third-order valence-electron chi connectivity index (χ3n) is 1.36. The number of nitrogens with one attached hydrogen (secondary N) is 1. The molecule has 3 nitrogen and oxygen atoms in total. The Labute approximate surface area is 88.4 Å². The van der Waals surface area contributed by atoms with Gasteiger partial charge in [0.2, 0.25) is 0 Å². The molecule has 0 aromatic heterocycles. The molecule has 74 valence electrons. The lowest BCUT2D eigenvalue weighted by atomic mass is 10.4. The van der Waals surface area contributed by atoms with Crippen molar-refractivity contribution in [2.24, 2.45) is 0 Å². The number of hydrogen-bond donors (Lipinski definition) is 1. The molecule has 0 heterocycles. The molecule has 12 heavy (non-hydrogen) atoms. The smallest absolute Gasteiger partial charge is 0.147 e. The zero-order chi connectivity index (χ0) is 9.45. The van der Waals surface area contributed by atoms with Gasteiger partial charge in [0.1, 0.15) is 9.84 Å². The van der Waals surface area contributed by atoms with Crippen molar-refractivity contribution in [2.45, 2.75) is 12.8 Å². The van der Waals surface area contributed by atoms with E-state index in [1.54, 1.807) is 0 Å². The molecule has 0 atom stereocenters. The molecule has 0 unspecified atom stereocenters. The molecule has 1 N–H and O–H groups in total. The predicted molar refractivity (Wildman–Crippen MR) is 60.7 cm³/mol. The fourth-order valence-electron chi connectivity index (χ4n) is 0.776. The van der Waals surface area contributed by atoms with E-state index in [9.17, 15) is 8.42 Å². The quantitative estimate of drug-likeness (QED) is 0.431. The van der Waals surface area contributed by atoms with E-state index in [1.807, 2.05) is 0 Å². The lowest BCUT2D eigenvalue weighted by molar-refractivity contribution is 0.594. The maximum atomic E-state index is 10.7. The van der Waals surface area contributed by atoms with Crippen LogP contribution in [0, 0.1) is 0 Å². The van der Waals surface area contributed by atoms with Gasteiger partial charge in [-0.15, -0.1) is 0 Å². The highest BCUT2D eigenvalue weighted by Crippen LogP contribution is 1.88. The van der Waals surface area contributed by atoms with Crippen LogP contribution in [0.4, 0.5) is 0 Å². The van der Waals surface area contributed by atoms with Crippen LogP contribution in [0.3, 0.4) is 0 Å². The number of sulfone groups is 1. The molecular formula is C7H16INO2S. The molecule has 0 aromatic rings. The zero-order valence-electron chi connectivity index (χ0n) is 7.35. The van der Waals surface area contributed by atoms with Gasteiger partial charge in [0.05, 0.1) is 5.75 Å². The van der Waals surface area contributed by atoms with Crippen LogP contribution in [0.1, 0.15) is 12.8 Å². The second kappa shape index (κ2) is 7.08. The largest absolute Gasteiger partial charge is 0.317 e. The van der Waals surface area contributed by atoms with Crippen molar-refractivity contribution < 1.29 is 8.42 Å². The summed E-state index contributed by atoms with van der Waals surface area (Å²) in [7, 11) is -2.76. The number of halogens is 1. The fraction of sp³-hybridized carbons (Fsp3) is 1.00. The van der Waals surface area contributed by atoms with E-state index in [0.717, 1.165) is 30.4 Å². The molecule has 0 aliphatic rings. The topological polar surface area (TPSA) is 46.2 Å². The monoisotopic (exact) mass is 305 g/mol. The highest BCUT2D eigenvalue weighted by atomic mass is 127. The molecule has 0 amide bonds. The molecule has 0 fully saturated rings.